The zero-order valence-electron chi connectivity index (χ0n) is 15.1. The number of ether oxygens (including phenoxy) is 1. The van der Waals surface area contributed by atoms with E-state index in [1.54, 1.807) is 0 Å². The van der Waals surface area contributed by atoms with Gasteiger partial charge >= 0.3 is 0 Å². The summed E-state index contributed by atoms with van der Waals surface area (Å²) in [6, 6.07) is 11.1. The first-order chi connectivity index (χ1) is 12.3. The molecule has 3 saturated heterocycles. The summed E-state index contributed by atoms with van der Waals surface area (Å²) in [4.78, 5) is 18.0. The molecule has 0 unspecified atom stereocenters. The minimum atomic E-state index is 0.190. The Morgan fingerprint density at radius 3 is 2.64 bits per heavy atom. The van der Waals surface area contributed by atoms with Crippen molar-refractivity contribution in [2.24, 2.45) is 11.8 Å². The van der Waals surface area contributed by atoms with Crippen LogP contribution < -0.4 is 0 Å². The van der Waals surface area contributed by atoms with E-state index in [2.05, 4.69) is 40.1 Å². The molecule has 3 heterocycles. The third-order valence-electron chi connectivity index (χ3n) is 6.21. The number of rotatable bonds is 3. The van der Waals surface area contributed by atoms with Crippen molar-refractivity contribution in [3.05, 3.63) is 35.9 Å². The normalized spacial score (nSPS) is 28.6. The van der Waals surface area contributed by atoms with Gasteiger partial charge in [0.25, 0.3) is 0 Å². The maximum atomic E-state index is 13.2. The van der Waals surface area contributed by atoms with Crippen LogP contribution in [0.4, 0.5) is 0 Å². The Kier molecular flexibility index (Phi) is 5.37. The molecule has 0 radical (unpaired) electrons. The Labute approximate surface area is 151 Å². The molecule has 136 valence electrons. The summed E-state index contributed by atoms with van der Waals surface area (Å²) in [6.45, 7) is 5.63. The van der Waals surface area contributed by atoms with Crippen LogP contribution in [0, 0.1) is 11.8 Å². The minimum Gasteiger partial charge on any atom is -0.381 e. The number of carbonyl (C=O) groups is 1. The van der Waals surface area contributed by atoms with Crippen molar-refractivity contribution in [1.82, 2.24) is 9.80 Å². The van der Waals surface area contributed by atoms with E-state index in [1.165, 1.54) is 24.8 Å². The quantitative estimate of drug-likeness (QED) is 0.847. The van der Waals surface area contributed by atoms with Crippen molar-refractivity contribution >= 4 is 5.91 Å². The van der Waals surface area contributed by atoms with Gasteiger partial charge in [0, 0.05) is 51.4 Å². The minimum absolute atomic E-state index is 0.190. The molecular weight excluding hydrogens is 312 g/mol. The first kappa shape index (κ1) is 17.0. The van der Waals surface area contributed by atoms with Gasteiger partial charge in [0.1, 0.15) is 0 Å². The lowest BCUT2D eigenvalue weighted by Crippen LogP contribution is -2.47. The monoisotopic (exact) mass is 342 g/mol. The zero-order chi connectivity index (χ0) is 17.1. The van der Waals surface area contributed by atoms with Crippen molar-refractivity contribution in [2.75, 3.05) is 32.8 Å². The highest BCUT2D eigenvalue weighted by atomic mass is 16.5. The maximum Gasteiger partial charge on any atom is 0.226 e. The van der Waals surface area contributed by atoms with Crippen molar-refractivity contribution in [1.29, 1.82) is 0 Å². The first-order valence-corrected chi connectivity index (χ1v) is 9.96. The number of amides is 1. The van der Waals surface area contributed by atoms with Gasteiger partial charge in [-0.1, -0.05) is 36.8 Å². The van der Waals surface area contributed by atoms with E-state index in [0.717, 1.165) is 52.2 Å². The lowest BCUT2D eigenvalue weighted by Gasteiger charge is -2.34. The molecule has 1 amide bonds. The van der Waals surface area contributed by atoms with E-state index >= 15 is 0 Å². The van der Waals surface area contributed by atoms with Crippen LogP contribution in [0.1, 0.15) is 37.7 Å². The lowest BCUT2D eigenvalue weighted by atomic mass is 9.95. The molecule has 3 aliphatic heterocycles. The molecule has 0 aromatic heterocycles. The summed E-state index contributed by atoms with van der Waals surface area (Å²) >= 11 is 0. The molecule has 0 spiro atoms. The standard InChI is InChI=1S/C21H30N2O2/c24-21(18-9-12-25-13-10-18)23-11-5-4-8-19-15-22(16-20(19)23)14-17-6-2-1-3-7-17/h1-3,6-7,18-20H,4-5,8-16H2/t19-,20+/m0/s1. The Bertz CT molecular complexity index is 571. The molecule has 25 heavy (non-hydrogen) atoms. The van der Waals surface area contributed by atoms with Gasteiger partial charge in [0.15, 0.2) is 0 Å². The average Bonchev–Trinajstić information content (AvgIpc) is 2.94. The van der Waals surface area contributed by atoms with Crippen molar-refractivity contribution in [3.63, 3.8) is 0 Å². The highest BCUT2D eigenvalue weighted by Gasteiger charge is 2.41. The summed E-state index contributed by atoms with van der Waals surface area (Å²) in [7, 11) is 0. The molecule has 4 heteroatoms. The van der Waals surface area contributed by atoms with E-state index in [9.17, 15) is 4.79 Å². The van der Waals surface area contributed by atoms with Gasteiger partial charge in [0.05, 0.1) is 0 Å². The number of hydrogen-bond donors (Lipinski definition) is 0. The van der Waals surface area contributed by atoms with Gasteiger partial charge in [-0.2, -0.15) is 0 Å². The van der Waals surface area contributed by atoms with Crippen LogP contribution >= 0.6 is 0 Å². The Balaban J connectivity index is 1.44. The SMILES string of the molecule is O=C(C1CCOCC1)N1CCCC[C@H]2CN(Cc3ccccc3)C[C@H]21. The Morgan fingerprint density at radius 2 is 1.84 bits per heavy atom. The number of nitrogens with zero attached hydrogens (tertiary/aromatic N) is 2. The van der Waals surface area contributed by atoms with Gasteiger partial charge in [-0.15, -0.1) is 0 Å². The molecule has 3 fully saturated rings. The topological polar surface area (TPSA) is 32.8 Å². The maximum absolute atomic E-state index is 13.2. The largest absolute Gasteiger partial charge is 0.381 e. The van der Waals surface area contributed by atoms with Crippen LogP contribution in [0.5, 0.6) is 0 Å². The molecule has 2 atom stereocenters. The molecule has 0 aliphatic carbocycles. The second kappa shape index (κ2) is 7.88. The molecule has 4 nitrogen and oxygen atoms in total. The smallest absolute Gasteiger partial charge is 0.226 e. The first-order valence-electron chi connectivity index (χ1n) is 9.96. The van der Waals surface area contributed by atoms with Gasteiger partial charge in [0.2, 0.25) is 5.91 Å². The molecule has 0 saturated carbocycles. The second-order valence-electron chi connectivity index (χ2n) is 7.92. The fourth-order valence-electron chi connectivity index (χ4n) is 4.86. The van der Waals surface area contributed by atoms with Crippen molar-refractivity contribution in [2.45, 2.75) is 44.7 Å². The van der Waals surface area contributed by atoms with Crippen LogP contribution in [-0.4, -0.2) is 54.6 Å². The van der Waals surface area contributed by atoms with Crippen LogP contribution in [0.25, 0.3) is 0 Å². The van der Waals surface area contributed by atoms with Crippen molar-refractivity contribution < 1.29 is 9.53 Å². The Hall–Kier alpha value is -1.39. The number of hydrogen-bond acceptors (Lipinski definition) is 3. The number of carbonyl (C=O) groups excluding carboxylic acids is 1. The summed E-state index contributed by atoms with van der Waals surface area (Å²) in [5, 5.41) is 0. The van der Waals surface area contributed by atoms with Crippen molar-refractivity contribution in [3.8, 4) is 0 Å². The van der Waals surface area contributed by atoms with Crippen LogP contribution in [0.3, 0.4) is 0 Å². The highest BCUT2D eigenvalue weighted by Crippen LogP contribution is 2.32. The molecule has 4 rings (SSSR count). The van der Waals surface area contributed by atoms with Gasteiger partial charge in [-0.3, -0.25) is 9.69 Å². The summed E-state index contributed by atoms with van der Waals surface area (Å²) in [5.74, 6) is 1.24. The van der Waals surface area contributed by atoms with E-state index < -0.39 is 0 Å². The molecular formula is C21H30N2O2. The Morgan fingerprint density at radius 1 is 1.04 bits per heavy atom. The number of benzene rings is 1. The van der Waals surface area contributed by atoms with E-state index in [0.29, 0.717) is 17.9 Å². The fraction of sp³-hybridized carbons (Fsp3) is 0.667. The van der Waals surface area contributed by atoms with Gasteiger partial charge in [-0.25, -0.2) is 0 Å². The third-order valence-corrected chi connectivity index (χ3v) is 6.21. The molecule has 0 bridgehead atoms. The molecule has 1 aromatic rings. The highest BCUT2D eigenvalue weighted by molar-refractivity contribution is 5.79. The van der Waals surface area contributed by atoms with Crippen LogP contribution in [0.15, 0.2) is 30.3 Å². The van der Waals surface area contributed by atoms with Crippen LogP contribution in [0.2, 0.25) is 0 Å². The summed E-state index contributed by atoms with van der Waals surface area (Å²) in [6.07, 6.45) is 5.51. The lowest BCUT2D eigenvalue weighted by molar-refractivity contribution is -0.141. The average molecular weight is 342 g/mol. The van der Waals surface area contributed by atoms with E-state index in [1.807, 2.05) is 0 Å². The summed E-state index contributed by atoms with van der Waals surface area (Å²) < 4.78 is 5.45. The summed E-state index contributed by atoms with van der Waals surface area (Å²) in [5.41, 5.74) is 1.38. The fourth-order valence-corrected chi connectivity index (χ4v) is 4.86. The van der Waals surface area contributed by atoms with Gasteiger partial charge < -0.3 is 9.64 Å². The van der Waals surface area contributed by atoms with E-state index in [4.69, 9.17) is 4.74 Å². The predicted molar refractivity (Wildman–Crippen MR) is 98.1 cm³/mol. The molecule has 1 aromatic carbocycles. The number of likely N-dealkylation sites (tertiary alicyclic amines) is 2. The van der Waals surface area contributed by atoms with Gasteiger partial charge in [-0.05, 0) is 37.2 Å². The second-order valence-corrected chi connectivity index (χ2v) is 7.92. The molecule has 3 aliphatic rings. The third kappa shape index (κ3) is 3.90. The predicted octanol–water partition coefficient (Wildman–Crippen LogP) is 2.93. The zero-order valence-corrected chi connectivity index (χ0v) is 15.1. The van der Waals surface area contributed by atoms with Crippen LogP contribution in [-0.2, 0) is 16.1 Å². The molecule has 0 N–H and O–H groups in total. The van der Waals surface area contributed by atoms with E-state index in [-0.39, 0.29) is 5.92 Å². The number of fused-ring (bicyclic) bond motifs is 1.